The molecule has 1 aliphatic rings. The molecule has 0 aliphatic carbocycles. The van der Waals surface area contributed by atoms with Gasteiger partial charge in [0.1, 0.15) is 17.2 Å². The van der Waals surface area contributed by atoms with Crippen LogP contribution in [0.2, 0.25) is 5.02 Å². The van der Waals surface area contributed by atoms with Crippen LogP contribution in [0.1, 0.15) is 23.0 Å². The standard InChI is InChI=1S/C26H24ClN3O6/c1-2-35-26(32)19-5-10-22(23(17-19)30(33)34)28-13-15-29(16-14-28)25(31)12-9-21-8-11-24(36-21)18-3-6-20(27)7-4-18/h3-12,17H,2,13-16H2,1H3/b12-9+. The minimum absolute atomic E-state index is 0.128. The first-order valence-corrected chi connectivity index (χ1v) is 11.8. The molecule has 10 heteroatoms. The number of hydrogen-bond acceptors (Lipinski definition) is 7. The lowest BCUT2D eigenvalue weighted by atomic mass is 10.1. The molecular weight excluding hydrogens is 486 g/mol. The van der Waals surface area contributed by atoms with E-state index >= 15 is 0 Å². The summed E-state index contributed by atoms with van der Waals surface area (Å²) in [5.74, 6) is 0.435. The van der Waals surface area contributed by atoms with E-state index in [4.69, 9.17) is 20.8 Å². The quantitative estimate of drug-likeness (QED) is 0.190. The number of benzene rings is 2. The fourth-order valence-corrected chi connectivity index (χ4v) is 4.04. The molecule has 0 N–H and O–H groups in total. The molecule has 0 radical (unpaired) electrons. The number of carbonyl (C=O) groups is 2. The lowest BCUT2D eigenvalue weighted by Crippen LogP contribution is -2.48. The van der Waals surface area contributed by atoms with Gasteiger partial charge in [-0.05, 0) is 61.5 Å². The van der Waals surface area contributed by atoms with Gasteiger partial charge in [0.2, 0.25) is 5.91 Å². The predicted molar refractivity (Wildman–Crippen MR) is 136 cm³/mol. The molecule has 0 spiro atoms. The van der Waals surface area contributed by atoms with Crippen LogP contribution in [0.15, 0.2) is 65.1 Å². The van der Waals surface area contributed by atoms with Crippen LogP contribution in [-0.4, -0.2) is 54.5 Å². The van der Waals surface area contributed by atoms with Crippen molar-refractivity contribution >= 4 is 40.9 Å². The predicted octanol–water partition coefficient (Wildman–Crippen LogP) is 5.05. The fourth-order valence-electron chi connectivity index (χ4n) is 3.92. The number of ether oxygens (including phenoxy) is 1. The summed E-state index contributed by atoms with van der Waals surface area (Å²) in [7, 11) is 0. The highest BCUT2D eigenvalue weighted by Gasteiger charge is 2.26. The number of nitro groups is 1. The van der Waals surface area contributed by atoms with Crippen molar-refractivity contribution in [3.8, 4) is 11.3 Å². The van der Waals surface area contributed by atoms with E-state index in [1.165, 1.54) is 18.2 Å². The minimum atomic E-state index is -0.605. The summed E-state index contributed by atoms with van der Waals surface area (Å²) in [5, 5.41) is 12.3. The van der Waals surface area contributed by atoms with Crippen molar-refractivity contribution < 1.29 is 23.7 Å². The number of halogens is 1. The second-order valence-corrected chi connectivity index (χ2v) is 8.47. The van der Waals surface area contributed by atoms with Gasteiger partial charge in [-0.25, -0.2) is 4.79 Å². The Morgan fingerprint density at radius 2 is 1.81 bits per heavy atom. The zero-order chi connectivity index (χ0) is 25.7. The van der Waals surface area contributed by atoms with Gasteiger partial charge >= 0.3 is 5.97 Å². The van der Waals surface area contributed by atoms with Crippen LogP contribution < -0.4 is 4.90 Å². The maximum absolute atomic E-state index is 12.7. The van der Waals surface area contributed by atoms with Gasteiger partial charge in [0, 0.05) is 48.9 Å². The van der Waals surface area contributed by atoms with Crippen LogP contribution in [0.5, 0.6) is 0 Å². The maximum Gasteiger partial charge on any atom is 0.338 e. The van der Waals surface area contributed by atoms with Crippen molar-refractivity contribution in [2.75, 3.05) is 37.7 Å². The molecule has 4 rings (SSSR count). The second kappa shape index (κ2) is 11.1. The first-order chi connectivity index (χ1) is 17.4. The van der Waals surface area contributed by atoms with E-state index in [9.17, 15) is 19.7 Å². The van der Waals surface area contributed by atoms with E-state index in [-0.39, 0.29) is 23.8 Å². The van der Waals surface area contributed by atoms with Crippen LogP contribution in [0.4, 0.5) is 11.4 Å². The highest BCUT2D eigenvalue weighted by molar-refractivity contribution is 6.30. The normalized spacial score (nSPS) is 13.7. The molecule has 0 bridgehead atoms. The van der Waals surface area contributed by atoms with Crippen LogP contribution in [0.3, 0.4) is 0 Å². The lowest BCUT2D eigenvalue weighted by molar-refractivity contribution is -0.384. The topological polar surface area (TPSA) is 106 Å². The highest BCUT2D eigenvalue weighted by Crippen LogP contribution is 2.30. The number of amides is 1. The van der Waals surface area contributed by atoms with Crippen LogP contribution >= 0.6 is 11.6 Å². The van der Waals surface area contributed by atoms with Gasteiger partial charge in [0.15, 0.2) is 0 Å². The van der Waals surface area contributed by atoms with Crippen LogP contribution in [-0.2, 0) is 9.53 Å². The number of hydrogen-bond donors (Lipinski definition) is 0. The number of rotatable bonds is 7. The van der Waals surface area contributed by atoms with E-state index in [0.717, 1.165) is 5.56 Å². The van der Waals surface area contributed by atoms with Gasteiger partial charge in [0.05, 0.1) is 17.1 Å². The Bertz CT molecular complexity index is 1290. The second-order valence-electron chi connectivity index (χ2n) is 8.04. The van der Waals surface area contributed by atoms with Gasteiger partial charge in [-0.3, -0.25) is 14.9 Å². The smallest absolute Gasteiger partial charge is 0.338 e. The zero-order valence-electron chi connectivity index (χ0n) is 19.6. The Labute approximate surface area is 212 Å². The minimum Gasteiger partial charge on any atom is -0.462 e. The Morgan fingerprint density at radius 1 is 1.08 bits per heavy atom. The lowest BCUT2D eigenvalue weighted by Gasteiger charge is -2.35. The number of anilines is 1. The molecule has 36 heavy (non-hydrogen) atoms. The Kier molecular flexibility index (Phi) is 7.70. The average Bonchev–Trinajstić information content (AvgIpc) is 3.36. The molecule has 0 saturated carbocycles. The fraction of sp³-hybridized carbons (Fsp3) is 0.231. The molecule has 9 nitrogen and oxygen atoms in total. The van der Waals surface area contributed by atoms with E-state index in [0.29, 0.717) is 48.4 Å². The Balaban J connectivity index is 1.37. The molecule has 3 aromatic rings. The van der Waals surface area contributed by atoms with Crippen molar-refractivity contribution in [3.63, 3.8) is 0 Å². The summed E-state index contributed by atoms with van der Waals surface area (Å²) in [4.78, 5) is 39.3. The van der Waals surface area contributed by atoms with E-state index in [1.807, 2.05) is 23.1 Å². The van der Waals surface area contributed by atoms with E-state index in [1.54, 1.807) is 42.2 Å². The van der Waals surface area contributed by atoms with E-state index in [2.05, 4.69) is 0 Å². The van der Waals surface area contributed by atoms with Gasteiger partial charge in [-0.2, -0.15) is 0 Å². The molecule has 186 valence electrons. The summed E-state index contributed by atoms with van der Waals surface area (Å²) < 4.78 is 10.7. The molecule has 1 saturated heterocycles. The molecule has 0 unspecified atom stereocenters. The highest BCUT2D eigenvalue weighted by atomic mass is 35.5. The van der Waals surface area contributed by atoms with E-state index < -0.39 is 10.9 Å². The third kappa shape index (κ3) is 5.75. The number of carbonyl (C=O) groups excluding carboxylic acids is 2. The van der Waals surface area contributed by atoms with Crippen molar-refractivity contribution in [2.24, 2.45) is 0 Å². The summed E-state index contributed by atoms with van der Waals surface area (Å²) in [5.41, 5.74) is 1.24. The van der Waals surface area contributed by atoms with Crippen molar-refractivity contribution in [1.82, 2.24) is 4.90 Å². The van der Waals surface area contributed by atoms with Crippen molar-refractivity contribution in [3.05, 3.63) is 87.1 Å². The zero-order valence-corrected chi connectivity index (χ0v) is 20.3. The van der Waals surface area contributed by atoms with Crippen molar-refractivity contribution in [1.29, 1.82) is 0 Å². The number of furan rings is 1. The summed E-state index contributed by atoms with van der Waals surface area (Å²) >= 11 is 5.92. The Morgan fingerprint density at radius 3 is 2.47 bits per heavy atom. The molecule has 1 amide bonds. The SMILES string of the molecule is CCOC(=O)c1ccc(N2CCN(C(=O)/C=C/c3ccc(-c4ccc(Cl)cc4)o3)CC2)c([N+](=O)[O-])c1. The molecular formula is C26H24ClN3O6. The number of nitro benzene ring substituents is 1. The number of piperazine rings is 1. The van der Waals surface area contributed by atoms with Gasteiger partial charge in [0.25, 0.3) is 5.69 Å². The number of esters is 1. The summed E-state index contributed by atoms with van der Waals surface area (Å²) in [6.45, 7) is 3.48. The van der Waals surface area contributed by atoms with Gasteiger partial charge < -0.3 is 19.0 Å². The first kappa shape index (κ1) is 25.0. The maximum atomic E-state index is 12.7. The van der Waals surface area contributed by atoms with Crippen molar-refractivity contribution in [2.45, 2.75) is 6.92 Å². The third-order valence-electron chi connectivity index (χ3n) is 5.76. The number of nitrogens with zero attached hydrogens (tertiary/aromatic N) is 3. The van der Waals surface area contributed by atoms with Crippen LogP contribution in [0, 0.1) is 10.1 Å². The first-order valence-electron chi connectivity index (χ1n) is 11.4. The summed E-state index contributed by atoms with van der Waals surface area (Å²) in [6, 6.07) is 15.2. The molecule has 0 atom stereocenters. The molecule has 1 aromatic heterocycles. The Hall–Kier alpha value is -4.11. The van der Waals surface area contributed by atoms with Gasteiger partial charge in [-0.15, -0.1) is 0 Å². The van der Waals surface area contributed by atoms with Crippen LogP contribution in [0.25, 0.3) is 17.4 Å². The summed E-state index contributed by atoms with van der Waals surface area (Å²) in [6.07, 6.45) is 3.07. The monoisotopic (exact) mass is 509 g/mol. The van der Waals surface area contributed by atoms with Gasteiger partial charge in [-0.1, -0.05) is 11.6 Å². The molecule has 2 heterocycles. The molecule has 2 aromatic carbocycles. The largest absolute Gasteiger partial charge is 0.462 e. The molecule has 1 fully saturated rings. The third-order valence-corrected chi connectivity index (χ3v) is 6.01. The molecule has 1 aliphatic heterocycles. The average molecular weight is 510 g/mol.